The molecule has 0 radical (unpaired) electrons. The smallest absolute Gasteiger partial charge is 0.164 e. The molecule has 1 atom stereocenters. The SMILES string of the molecule is CC1(C)CC(c2ccc(C#N)cc2)=NC12CCCO2. The molecular weight excluding hydrogens is 236 g/mol. The van der Waals surface area contributed by atoms with Crippen LogP contribution >= 0.6 is 0 Å². The van der Waals surface area contributed by atoms with E-state index in [2.05, 4.69) is 19.9 Å². The van der Waals surface area contributed by atoms with Gasteiger partial charge < -0.3 is 4.74 Å². The molecule has 1 aromatic carbocycles. The van der Waals surface area contributed by atoms with E-state index in [-0.39, 0.29) is 11.1 Å². The van der Waals surface area contributed by atoms with Gasteiger partial charge >= 0.3 is 0 Å². The van der Waals surface area contributed by atoms with Crippen molar-refractivity contribution in [2.24, 2.45) is 10.4 Å². The molecule has 1 aromatic rings. The van der Waals surface area contributed by atoms with E-state index in [4.69, 9.17) is 15.0 Å². The third-order valence-electron chi connectivity index (χ3n) is 4.33. The van der Waals surface area contributed by atoms with Crippen molar-refractivity contribution >= 4 is 5.71 Å². The Labute approximate surface area is 113 Å². The number of benzene rings is 1. The van der Waals surface area contributed by atoms with E-state index in [1.807, 2.05) is 24.3 Å². The van der Waals surface area contributed by atoms with E-state index in [9.17, 15) is 0 Å². The van der Waals surface area contributed by atoms with E-state index >= 15 is 0 Å². The summed E-state index contributed by atoms with van der Waals surface area (Å²) in [5.74, 6) is 0. The molecule has 2 aliphatic heterocycles. The van der Waals surface area contributed by atoms with Gasteiger partial charge in [0.2, 0.25) is 0 Å². The van der Waals surface area contributed by atoms with Crippen LogP contribution in [-0.4, -0.2) is 18.0 Å². The number of nitrogens with zero attached hydrogens (tertiary/aromatic N) is 2. The zero-order chi connectivity index (χ0) is 13.5. The highest BCUT2D eigenvalue weighted by molar-refractivity contribution is 6.02. The van der Waals surface area contributed by atoms with E-state index in [1.54, 1.807) is 0 Å². The van der Waals surface area contributed by atoms with Gasteiger partial charge in [0.05, 0.1) is 11.6 Å². The molecule has 2 aliphatic rings. The van der Waals surface area contributed by atoms with Gasteiger partial charge in [-0.2, -0.15) is 5.26 Å². The molecule has 1 spiro atoms. The van der Waals surface area contributed by atoms with Gasteiger partial charge in [-0.15, -0.1) is 0 Å². The predicted octanol–water partition coefficient (Wildman–Crippen LogP) is 3.28. The minimum atomic E-state index is -0.323. The van der Waals surface area contributed by atoms with Crippen molar-refractivity contribution in [3.63, 3.8) is 0 Å². The first-order chi connectivity index (χ1) is 9.06. The first kappa shape index (κ1) is 12.4. The van der Waals surface area contributed by atoms with Gasteiger partial charge in [0, 0.05) is 17.7 Å². The Hall–Kier alpha value is -1.66. The lowest BCUT2D eigenvalue weighted by Gasteiger charge is -2.34. The van der Waals surface area contributed by atoms with Crippen molar-refractivity contribution in [2.75, 3.05) is 6.61 Å². The Bertz CT molecular complexity index is 557. The molecule has 3 rings (SSSR count). The van der Waals surface area contributed by atoms with Crippen molar-refractivity contribution in [2.45, 2.75) is 38.8 Å². The molecule has 0 aliphatic carbocycles. The number of nitriles is 1. The molecule has 0 saturated carbocycles. The largest absolute Gasteiger partial charge is 0.353 e. The normalized spacial score (nSPS) is 28.4. The maximum Gasteiger partial charge on any atom is 0.164 e. The van der Waals surface area contributed by atoms with Gasteiger partial charge in [-0.05, 0) is 37.0 Å². The van der Waals surface area contributed by atoms with E-state index in [0.29, 0.717) is 5.56 Å². The molecule has 2 heterocycles. The fourth-order valence-electron chi connectivity index (χ4n) is 3.12. The Kier molecular flexibility index (Phi) is 2.72. The van der Waals surface area contributed by atoms with Gasteiger partial charge in [-0.1, -0.05) is 26.0 Å². The second-order valence-electron chi connectivity index (χ2n) is 6.04. The number of hydrogen-bond donors (Lipinski definition) is 0. The number of ether oxygens (including phenoxy) is 1. The topological polar surface area (TPSA) is 45.4 Å². The zero-order valence-electron chi connectivity index (χ0n) is 11.4. The van der Waals surface area contributed by atoms with E-state index < -0.39 is 0 Å². The average Bonchev–Trinajstić information content (AvgIpc) is 2.97. The third kappa shape index (κ3) is 1.87. The van der Waals surface area contributed by atoms with Crippen molar-refractivity contribution in [1.29, 1.82) is 5.26 Å². The molecule has 1 saturated heterocycles. The van der Waals surface area contributed by atoms with Crippen LogP contribution in [0, 0.1) is 16.7 Å². The zero-order valence-corrected chi connectivity index (χ0v) is 11.4. The van der Waals surface area contributed by atoms with Crippen LogP contribution in [0.3, 0.4) is 0 Å². The van der Waals surface area contributed by atoms with E-state index in [1.165, 1.54) is 0 Å². The summed E-state index contributed by atoms with van der Waals surface area (Å²) in [5.41, 5.74) is 2.63. The highest BCUT2D eigenvalue weighted by Crippen LogP contribution is 2.50. The Morgan fingerprint density at radius 3 is 2.58 bits per heavy atom. The first-order valence-corrected chi connectivity index (χ1v) is 6.80. The molecule has 1 fully saturated rings. The molecule has 0 amide bonds. The average molecular weight is 254 g/mol. The molecule has 0 N–H and O–H groups in total. The summed E-state index contributed by atoms with van der Waals surface area (Å²) < 4.78 is 5.97. The van der Waals surface area contributed by atoms with Crippen LogP contribution < -0.4 is 0 Å². The fraction of sp³-hybridized carbons (Fsp3) is 0.500. The summed E-state index contributed by atoms with van der Waals surface area (Å²) >= 11 is 0. The van der Waals surface area contributed by atoms with Crippen molar-refractivity contribution < 1.29 is 4.74 Å². The number of rotatable bonds is 1. The maximum absolute atomic E-state index is 8.84. The second-order valence-corrected chi connectivity index (χ2v) is 6.04. The Balaban J connectivity index is 1.96. The summed E-state index contributed by atoms with van der Waals surface area (Å²) in [6.07, 6.45) is 3.03. The van der Waals surface area contributed by atoms with Gasteiger partial charge in [-0.3, -0.25) is 4.99 Å². The first-order valence-electron chi connectivity index (χ1n) is 6.80. The predicted molar refractivity (Wildman–Crippen MR) is 74.0 cm³/mol. The summed E-state index contributed by atoms with van der Waals surface area (Å²) in [6.45, 7) is 5.28. The molecular formula is C16H18N2O. The standard InChI is InChI=1S/C16H18N2O/c1-15(2)10-14(18-16(15)8-3-9-19-16)13-6-4-12(11-17)5-7-13/h4-7H,3,8-10H2,1-2H3. The summed E-state index contributed by atoms with van der Waals surface area (Å²) in [5, 5.41) is 8.84. The molecule has 0 bridgehead atoms. The molecule has 0 aromatic heterocycles. The lowest BCUT2D eigenvalue weighted by molar-refractivity contribution is -0.0654. The highest BCUT2D eigenvalue weighted by atomic mass is 16.5. The summed E-state index contributed by atoms with van der Waals surface area (Å²) in [7, 11) is 0. The lowest BCUT2D eigenvalue weighted by atomic mass is 9.78. The Morgan fingerprint density at radius 2 is 2.00 bits per heavy atom. The fourth-order valence-corrected chi connectivity index (χ4v) is 3.12. The molecule has 3 nitrogen and oxygen atoms in total. The minimum Gasteiger partial charge on any atom is -0.353 e. The van der Waals surface area contributed by atoms with Gasteiger partial charge in [0.25, 0.3) is 0 Å². The molecule has 19 heavy (non-hydrogen) atoms. The van der Waals surface area contributed by atoms with E-state index in [0.717, 1.165) is 37.1 Å². The quantitative estimate of drug-likeness (QED) is 0.772. The highest BCUT2D eigenvalue weighted by Gasteiger charge is 2.53. The summed E-state index contributed by atoms with van der Waals surface area (Å²) in [6, 6.07) is 9.83. The molecule has 1 unspecified atom stereocenters. The Morgan fingerprint density at radius 1 is 1.26 bits per heavy atom. The van der Waals surface area contributed by atoms with Crippen LogP contribution in [0.1, 0.15) is 44.2 Å². The van der Waals surface area contributed by atoms with Gasteiger partial charge in [0.15, 0.2) is 5.72 Å². The maximum atomic E-state index is 8.84. The van der Waals surface area contributed by atoms with Gasteiger partial charge in [0.1, 0.15) is 0 Å². The molecule has 98 valence electrons. The van der Waals surface area contributed by atoms with Crippen molar-refractivity contribution in [3.8, 4) is 6.07 Å². The van der Waals surface area contributed by atoms with Crippen LogP contribution in [0.5, 0.6) is 0 Å². The van der Waals surface area contributed by atoms with Gasteiger partial charge in [-0.25, -0.2) is 0 Å². The third-order valence-corrected chi connectivity index (χ3v) is 4.33. The van der Waals surface area contributed by atoms with Crippen molar-refractivity contribution in [1.82, 2.24) is 0 Å². The van der Waals surface area contributed by atoms with Crippen LogP contribution in [0.4, 0.5) is 0 Å². The minimum absolute atomic E-state index is 0.0483. The number of aliphatic imine (C=N–C) groups is 1. The van der Waals surface area contributed by atoms with Crippen molar-refractivity contribution in [3.05, 3.63) is 35.4 Å². The molecule has 3 heteroatoms. The summed E-state index contributed by atoms with van der Waals surface area (Å²) in [4.78, 5) is 4.91. The monoisotopic (exact) mass is 254 g/mol. The van der Waals surface area contributed by atoms with Crippen LogP contribution in [0.15, 0.2) is 29.3 Å². The van der Waals surface area contributed by atoms with Crippen LogP contribution in [-0.2, 0) is 4.74 Å². The number of hydrogen-bond acceptors (Lipinski definition) is 3. The second kappa shape index (κ2) is 4.18. The van der Waals surface area contributed by atoms with Crippen LogP contribution in [0.2, 0.25) is 0 Å². The lowest BCUT2D eigenvalue weighted by Crippen LogP contribution is -2.38. The van der Waals surface area contributed by atoms with Crippen LogP contribution in [0.25, 0.3) is 0 Å².